The average molecular weight is 374 g/mol. The van der Waals surface area contributed by atoms with Gasteiger partial charge in [-0.25, -0.2) is 4.98 Å². The van der Waals surface area contributed by atoms with E-state index in [1.807, 2.05) is 35.7 Å². The van der Waals surface area contributed by atoms with Crippen LogP contribution in [0.4, 0.5) is 5.13 Å². The number of hydrogen-bond acceptors (Lipinski definition) is 4. The van der Waals surface area contributed by atoms with E-state index in [1.54, 1.807) is 0 Å². The number of benzene rings is 1. The van der Waals surface area contributed by atoms with Crippen LogP contribution in [0.25, 0.3) is 11.3 Å². The predicted octanol–water partition coefficient (Wildman–Crippen LogP) is 4.62. The van der Waals surface area contributed by atoms with Crippen molar-refractivity contribution in [3.63, 3.8) is 0 Å². The summed E-state index contributed by atoms with van der Waals surface area (Å²) in [6, 6.07) is 9.72. The van der Waals surface area contributed by atoms with Gasteiger partial charge in [-0.3, -0.25) is 14.9 Å². The second kappa shape index (κ2) is 11.4. The van der Waals surface area contributed by atoms with Crippen molar-refractivity contribution in [1.29, 1.82) is 0 Å². The Balaban J connectivity index is 1.66. The molecule has 0 fully saturated rings. The van der Waals surface area contributed by atoms with E-state index < -0.39 is 11.8 Å². The summed E-state index contributed by atoms with van der Waals surface area (Å²) in [6.07, 6.45) is 8.24. The first-order valence-electron chi connectivity index (χ1n) is 9.31. The molecule has 0 radical (unpaired) electrons. The number of amides is 2. The maximum atomic E-state index is 11.9. The zero-order valence-electron chi connectivity index (χ0n) is 15.3. The van der Waals surface area contributed by atoms with Crippen molar-refractivity contribution < 1.29 is 9.59 Å². The van der Waals surface area contributed by atoms with E-state index in [0.29, 0.717) is 11.7 Å². The number of carbonyl (C=O) groups is 2. The zero-order chi connectivity index (χ0) is 18.6. The molecule has 2 rings (SSSR count). The second-order valence-electron chi connectivity index (χ2n) is 6.24. The molecule has 0 spiro atoms. The van der Waals surface area contributed by atoms with Gasteiger partial charge in [0.25, 0.3) is 0 Å². The highest BCUT2D eigenvalue weighted by Crippen LogP contribution is 2.24. The molecule has 1 aromatic heterocycles. The Bertz CT molecular complexity index is 685. The Morgan fingerprint density at radius 3 is 2.38 bits per heavy atom. The molecule has 2 amide bonds. The van der Waals surface area contributed by atoms with E-state index in [4.69, 9.17) is 0 Å². The minimum atomic E-state index is -0.665. The molecular weight excluding hydrogens is 346 g/mol. The lowest BCUT2D eigenvalue weighted by Gasteiger charge is -2.05. The first-order valence-corrected chi connectivity index (χ1v) is 10.2. The summed E-state index contributed by atoms with van der Waals surface area (Å²) in [5.74, 6) is -1.27. The van der Waals surface area contributed by atoms with E-state index in [2.05, 4.69) is 22.5 Å². The summed E-state index contributed by atoms with van der Waals surface area (Å²) < 4.78 is 0. The van der Waals surface area contributed by atoms with E-state index in [0.717, 1.165) is 24.1 Å². The fourth-order valence-electron chi connectivity index (χ4n) is 2.59. The molecule has 140 valence electrons. The summed E-state index contributed by atoms with van der Waals surface area (Å²) in [6.45, 7) is 2.74. The maximum absolute atomic E-state index is 11.9. The van der Waals surface area contributed by atoms with Crippen LogP contribution in [0.3, 0.4) is 0 Å². The summed E-state index contributed by atoms with van der Waals surface area (Å²) in [5.41, 5.74) is 1.77. The number of hydrogen-bond donors (Lipinski definition) is 2. The standard InChI is InChI=1S/C20H27N3O2S/c1-2-3-4-5-6-7-11-14-21-18(24)19(25)23-20-22-17(15-26-20)16-12-9-8-10-13-16/h8-10,12-13,15H,2-7,11,14H2,1H3,(H,21,24)(H,22,23,25). The van der Waals surface area contributed by atoms with Crippen molar-refractivity contribution in [3.8, 4) is 11.3 Å². The molecule has 26 heavy (non-hydrogen) atoms. The highest BCUT2D eigenvalue weighted by Gasteiger charge is 2.15. The Hall–Kier alpha value is -2.21. The lowest BCUT2D eigenvalue weighted by atomic mass is 10.1. The van der Waals surface area contributed by atoms with Gasteiger partial charge in [-0.05, 0) is 6.42 Å². The van der Waals surface area contributed by atoms with Crippen LogP contribution in [-0.4, -0.2) is 23.3 Å². The molecule has 1 aromatic carbocycles. The van der Waals surface area contributed by atoms with Crippen LogP contribution in [0.2, 0.25) is 0 Å². The molecule has 5 nitrogen and oxygen atoms in total. The van der Waals surface area contributed by atoms with Gasteiger partial charge < -0.3 is 5.32 Å². The Kier molecular flexibility index (Phi) is 8.83. The summed E-state index contributed by atoms with van der Waals surface area (Å²) in [7, 11) is 0. The van der Waals surface area contributed by atoms with Crippen molar-refractivity contribution >= 4 is 28.3 Å². The van der Waals surface area contributed by atoms with Crippen LogP contribution in [-0.2, 0) is 9.59 Å². The number of unbranched alkanes of at least 4 members (excludes halogenated alkanes) is 6. The van der Waals surface area contributed by atoms with Gasteiger partial charge in [-0.1, -0.05) is 75.8 Å². The second-order valence-corrected chi connectivity index (χ2v) is 7.09. The minimum absolute atomic E-state index is 0.430. The third kappa shape index (κ3) is 6.96. The molecule has 0 aliphatic carbocycles. The first-order chi connectivity index (χ1) is 12.7. The largest absolute Gasteiger partial charge is 0.348 e. The summed E-state index contributed by atoms with van der Waals surface area (Å²) in [5, 5.41) is 7.53. The molecule has 1 heterocycles. The van der Waals surface area contributed by atoms with Crippen LogP contribution in [0.5, 0.6) is 0 Å². The predicted molar refractivity (Wildman–Crippen MR) is 107 cm³/mol. The summed E-state index contributed by atoms with van der Waals surface area (Å²) >= 11 is 1.31. The number of nitrogens with one attached hydrogen (secondary N) is 2. The van der Waals surface area contributed by atoms with Gasteiger partial charge in [-0.2, -0.15) is 0 Å². The van der Waals surface area contributed by atoms with Crippen LogP contribution in [0.1, 0.15) is 51.9 Å². The third-order valence-electron chi connectivity index (χ3n) is 4.07. The van der Waals surface area contributed by atoms with Gasteiger partial charge in [0.15, 0.2) is 5.13 Å². The molecule has 0 aliphatic heterocycles. The third-order valence-corrected chi connectivity index (χ3v) is 4.82. The number of rotatable bonds is 10. The lowest BCUT2D eigenvalue weighted by Crippen LogP contribution is -2.35. The van der Waals surface area contributed by atoms with Gasteiger partial charge in [0.1, 0.15) is 0 Å². The summed E-state index contributed by atoms with van der Waals surface area (Å²) in [4.78, 5) is 28.1. The van der Waals surface area contributed by atoms with Crippen LogP contribution in [0, 0.1) is 0 Å². The molecule has 2 N–H and O–H groups in total. The van der Waals surface area contributed by atoms with E-state index in [9.17, 15) is 9.59 Å². The van der Waals surface area contributed by atoms with Crippen LogP contribution < -0.4 is 10.6 Å². The number of aromatic nitrogens is 1. The topological polar surface area (TPSA) is 71.1 Å². The Morgan fingerprint density at radius 2 is 1.65 bits per heavy atom. The number of thiazole rings is 1. The van der Waals surface area contributed by atoms with Crippen molar-refractivity contribution in [2.45, 2.75) is 51.9 Å². The Labute approximate surface area is 159 Å². The highest BCUT2D eigenvalue weighted by atomic mass is 32.1. The fourth-order valence-corrected chi connectivity index (χ4v) is 3.31. The van der Waals surface area contributed by atoms with E-state index >= 15 is 0 Å². The normalized spacial score (nSPS) is 10.5. The molecule has 2 aromatic rings. The van der Waals surface area contributed by atoms with E-state index in [1.165, 1.54) is 43.4 Å². The van der Waals surface area contributed by atoms with E-state index in [-0.39, 0.29) is 0 Å². The van der Waals surface area contributed by atoms with Gasteiger partial charge in [0.2, 0.25) is 0 Å². The Morgan fingerprint density at radius 1 is 0.962 bits per heavy atom. The smallest absolute Gasteiger partial charge is 0.315 e. The molecule has 0 bridgehead atoms. The SMILES string of the molecule is CCCCCCCCCNC(=O)C(=O)Nc1nc(-c2ccccc2)cs1. The van der Waals surface area contributed by atoms with Crippen LogP contribution in [0.15, 0.2) is 35.7 Å². The van der Waals surface area contributed by atoms with Gasteiger partial charge in [0.05, 0.1) is 5.69 Å². The van der Waals surface area contributed by atoms with Crippen molar-refractivity contribution in [3.05, 3.63) is 35.7 Å². The van der Waals surface area contributed by atoms with Gasteiger partial charge >= 0.3 is 11.8 Å². The number of nitrogens with zero attached hydrogens (tertiary/aromatic N) is 1. The number of anilines is 1. The first kappa shape index (κ1) is 20.1. The molecular formula is C20H27N3O2S. The molecule has 0 unspecified atom stereocenters. The van der Waals surface area contributed by atoms with Gasteiger partial charge in [0, 0.05) is 17.5 Å². The zero-order valence-corrected chi connectivity index (χ0v) is 16.1. The monoisotopic (exact) mass is 373 g/mol. The van der Waals surface area contributed by atoms with Crippen molar-refractivity contribution in [2.24, 2.45) is 0 Å². The number of carbonyl (C=O) groups excluding carboxylic acids is 2. The average Bonchev–Trinajstić information content (AvgIpc) is 3.13. The molecule has 0 saturated carbocycles. The maximum Gasteiger partial charge on any atom is 0.315 e. The molecule has 0 atom stereocenters. The fraction of sp³-hybridized carbons (Fsp3) is 0.450. The molecule has 0 saturated heterocycles. The van der Waals surface area contributed by atoms with Gasteiger partial charge in [-0.15, -0.1) is 11.3 Å². The van der Waals surface area contributed by atoms with Crippen molar-refractivity contribution in [1.82, 2.24) is 10.3 Å². The van der Waals surface area contributed by atoms with Crippen molar-refractivity contribution in [2.75, 3.05) is 11.9 Å². The quantitative estimate of drug-likeness (QED) is 0.472. The highest BCUT2D eigenvalue weighted by molar-refractivity contribution is 7.14. The molecule has 6 heteroatoms. The van der Waals surface area contributed by atoms with Crippen LogP contribution >= 0.6 is 11.3 Å². The lowest BCUT2D eigenvalue weighted by molar-refractivity contribution is -0.136. The minimum Gasteiger partial charge on any atom is -0.348 e. The molecule has 0 aliphatic rings.